The number of hydrogen-bond donors (Lipinski definition) is 0. The van der Waals surface area contributed by atoms with E-state index in [9.17, 15) is 4.39 Å². The van der Waals surface area contributed by atoms with Crippen LogP contribution in [0.25, 0.3) is 10.9 Å². The Morgan fingerprint density at radius 3 is 2.47 bits per heavy atom. The summed E-state index contributed by atoms with van der Waals surface area (Å²) in [4.78, 5) is 15.4. The standard InChI is InChI=1S/C22H22FN5O2/c1-13(2)20-26-22(30-27-20)14(3)28(16-10-8-15(23)9-11-16)21-17-6-5-7-18(29-4)19(17)24-12-25-21/h5-14H,1-4H3. The number of ether oxygens (including phenoxy) is 1. The third-order valence-corrected chi connectivity index (χ3v) is 4.88. The van der Waals surface area contributed by atoms with Crippen molar-refractivity contribution in [2.75, 3.05) is 12.0 Å². The molecule has 0 radical (unpaired) electrons. The van der Waals surface area contributed by atoms with Crippen LogP contribution in [0.15, 0.2) is 53.3 Å². The lowest BCUT2D eigenvalue weighted by Crippen LogP contribution is -2.23. The highest BCUT2D eigenvalue weighted by atomic mass is 19.1. The first-order valence-corrected chi connectivity index (χ1v) is 9.65. The van der Waals surface area contributed by atoms with Crippen LogP contribution in [0.2, 0.25) is 0 Å². The maximum Gasteiger partial charge on any atom is 0.249 e. The molecule has 2 aromatic carbocycles. The summed E-state index contributed by atoms with van der Waals surface area (Å²) in [5, 5.41) is 4.87. The number of rotatable bonds is 6. The number of anilines is 2. The monoisotopic (exact) mass is 407 g/mol. The molecule has 0 saturated carbocycles. The molecule has 0 N–H and O–H groups in total. The van der Waals surface area contributed by atoms with Crippen molar-refractivity contribution in [2.45, 2.75) is 32.7 Å². The Labute approximate surface area is 173 Å². The van der Waals surface area contributed by atoms with Crippen molar-refractivity contribution >= 4 is 22.4 Å². The Hall–Kier alpha value is -3.55. The molecule has 0 aliphatic carbocycles. The molecule has 0 bridgehead atoms. The minimum absolute atomic E-state index is 0.137. The minimum Gasteiger partial charge on any atom is -0.494 e. The Morgan fingerprint density at radius 1 is 1.03 bits per heavy atom. The van der Waals surface area contributed by atoms with E-state index in [2.05, 4.69) is 20.1 Å². The summed E-state index contributed by atoms with van der Waals surface area (Å²) in [6.45, 7) is 5.94. The van der Waals surface area contributed by atoms with E-state index in [1.807, 2.05) is 43.9 Å². The largest absolute Gasteiger partial charge is 0.494 e. The Morgan fingerprint density at radius 2 is 1.80 bits per heavy atom. The van der Waals surface area contributed by atoms with Crippen LogP contribution in [-0.2, 0) is 0 Å². The van der Waals surface area contributed by atoms with Gasteiger partial charge < -0.3 is 14.2 Å². The van der Waals surface area contributed by atoms with E-state index in [0.717, 1.165) is 11.1 Å². The van der Waals surface area contributed by atoms with Gasteiger partial charge in [-0.2, -0.15) is 4.98 Å². The van der Waals surface area contributed by atoms with Crippen molar-refractivity contribution in [2.24, 2.45) is 0 Å². The van der Waals surface area contributed by atoms with Crippen LogP contribution in [0, 0.1) is 5.82 Å². The number of fused-ring (bicyclic) bond motifs is 1. The molecule has 4 rings (SSSR count). The van der Waals surface area contributed by atoms with Crippen LogP contribution < -0.4 is 9.64 Å². The van der Waals surface area contributed by atoms with Gasteiger partial charge >= 0.3 is 0 Å². The zero-order valence-corrected chi connectivity index (χ0v) is 17.2. The molecule has 30 heavy (non-hydrogen) atoms. The quantitative estimate of drug-likeness (QED) is 0.436. The minimum atomic E-state index is -0.361. The second-order valence-corrected chi connectivity index (χ2v) is 7.22. The number of nitrogens with zero attached hydrogens (tertiary/aromatic N) is 5. The SMILES string of the molecule is COc1cccc2c(N(c3ccc(F)cc3)C(C)c3nc(C(C)C)no3)ncnc12. The molecule has 0 aliphatic heterocycles. The number of hydrogen-bond acceptors (Lipinski definition) is 7. The van der Waals surface area contributed by atoms with Crippen LogP contribution >= 0.6 is 0 Å². The molecule has 4 aromatic rings. The lowest BCUT2D eigenvalue weighted by atomic mass is 10.1. The molecule has 0 spiro atoms. The van der Waals surface area contributed by atoms with Crippen LogP contribution in [0.5, 0.6) is 5.75 Å². The molecule has 2 heterocycles. The average Bonchev–Trinajstić information content (AvgIpc) is 3.25. The fourth-order valence-corrected chi connectivity index (χ4v) is 3.30. The highest BCUT2D eigenvalue weighted by Gasteiger charge is 2.27. The van der Waals surface area contributed by atoms with E-state index in [1.54, 1.807) is 19.2 Å². The molecule has 8 heteroatoms. The zero-order chi connectivity index (χ0) is 21.3. The van der Waals surface area contributed by atoms with Gasteiger partial charge in [0.25, 0.3) is 0 Å². The number of benzene rings is 2. The predicted molar refractivity (Wildman–Crippen MR) is 111 cm³/mol. The molecule has 1 atom stereocenters. The van der Waals surface area contributed by atoms with E-state index in [1.165, 1.54) is 18.5 Å². The van der Waals surface area contributed by atoms with Gasteiger partial charge in [-0.3, -0.25) is 0 Å². The van der Waals surface area contributed by atoms with Crippen LogP contribution in [0.4, 0.5) is 15.9 Å². The normalized spacial score (nSPS) is 12.3. The first-order chi connectivity index (χ1) is 14.5. The molecular weight excluding hydrogens is 385 g/mol. The van der Waals surface area contributed by atoms with Crippen molar-refractivity contribution in [3.63, 3.8) is 0 Å². The lowest BCUT2D eigenvalue weighted by Gasteiger charge is -2.29. The van der Waals surface area contributed by atoms with Gasteiger partial charge in [-0.05, 0) is 43.3 Å². The fourth-order valence-electron chi connectivity index (χ4n) is 3.30. The van der Waals surface area contributed by atoms with Gasteiger partial charge in [0.2, 0.25) is 5.89 Å². The number of methoxy groups -OCH3 is 1. The fraction of sp³-hybridized carbons (Fsp3) is 0.273. The van der Waals surface area contributed by atoms with Crippen molar-refractivity contribution in [1.29, 1.82) is 0 Å². The van der Waals surface area contributed by atoms with Gasteiger partial charge in [0.05, 0.1) is 7.11 Å². The van der Waals surface area contributed by atoms with Crippen LogP contribution in [0.3, 0.4) is 0 Å². The topological polar surface area (TPSA) is 77.2 Å². The number of halogens is 1. The van der Waals surface area contributed by atoms with Crippen LogP contribution in [0.1, 0.15) is 44.4 Å². The highest BCUT2D eigenvalue weighted by Crippen LogP contribution is 2.38. The summed E-state index contributed by atoms with van der Waals surface area (Å²) in [6, 6.07) is 11.5. The smallest absolute Gasteiger partial charge is 0.249 e. The molecule has 0 aliphatic rings. The number of para-hydroxylation sites is 1. The molecule has 154 valence electrons. The Bertz CT molecular complexity index is 1160. The average molecular weight is 407 g/mol. The summed E-state index contributed by atoms with van der Waals surface area (Å²) in [6.07, 6.45) is 1.48. The highest BCUT2D eigenvalue weighted by molar-refractivity contribution is 5.95. The van der Waals surface area contributed by atoms with Crippen LogP contribution in [-0.4, -0.2) is 27.2 Å². The van der Waals surface area contributed by atoms with Gasteiger partial charge in [-0.1, -0.05) is 25.1 Å². The predicted octanol–water partition coefficient (Wildman–Crippen LogP) is 5.18. The van der Waals surface area contributed by atoms with Gasteiger partial charge in [0.1, 0.15) is 35.3 Å². The van der Waals surface area contributed by atoms with E-state index in [-0.39, 0.29) is 17.8 Å². The third kappa shape index (κ3) is 3.56. The molecule has 0 saturated heterocycles. The third-order valence-electron chi connectivity index (χ3n) is 4.88. The van der Waals surface area contributed by atoms with Crippen molar-refractivity contribution in [3.8, 4) is 5.75 Å². The molecule has 1 unspecified atom stereocenters. The second-order valence-electron chi connectivity index (χ2n) is 7.22. The van der Waals surface area contributed by atoms with E-state index in [0.29, 0.717) is 28.8 Å². The van der Waals surface area contributed by atoms with Gasteiger partial charge in [0, 0.05) is 17.0 Å². The summed E-state index contributed by atoms with van der Waals surface area (Å²) in [5.74, 6) is 2.16. The van der Waals surface area contributed by atoms with Gasteiger partial charge in [-0.25, -0.2) is 14.4 Å². The molecule has 2 aromatic heterocycles. The van der Waals surface area contributed by atoms with Gasteiger partial charge in [-0.15, -0.1) is 0 Å². The lowest BCUT2D eigenvalue weighted by molar-refractivity contribution is 0.354. The molecule has 0 fully saturated rings. The molecule has 7 nitrogen and oxygen atoms in total. The van der Waals surface area contributed by atoms with Crippen molar-refractivity contribution < 1.29 is 13.7 Å². The Balaban J connectivity index is 1.90. The Kier molecular flexibility index (Phi) is 5.31. The summed E-state index contributed by atoms with van der Waals surface area (Å²) in [5.41, 5.74) is 1.41. The summed E-state index contributed by atoms with van der Waals surface area (Å²) in [7, 11) is 1.60. The first kappa shape index (κ1) is 19.8. The van der Waals surface area contributed by atoms with Crippen molar-refractivity contribution in [1.82, 2.24) is 20.1 Å². The van der Waals surface area contributed by atoms with E-state index >= 15 is 0 Å². The number of aromatic nitrogens is 4. The summed E-state index contributed by atoms with van der Waals surface area (Å²) >= 11 is 0. The zero-order valence-electron chi connectivity index (χ0n) is 17.2. The van der Waals surface area contributed by atoms with E-state index in [4.69, 9.17) is 9.26 Å². The van der Waals surface area contributed by atoms with E-state index < -0.39 is 0 Å². The molecule has 0 amide bonds. The summed E-state index contributed by atoms with van der Waals surface area (Å²) < 4.78 is 24.6. The maximum atomic E-state index is 13.6. The first-order valence-electron chi connectivity index (χ1n) is 9.65. The molecular formula is C22H22FN5O2. The maximum absolute atomic E-state index is 13.6. The van der Waals surface area contributed by atoms with Crippen molar-refractivity contribution in [3.05, 3.63) is 66.3 Å². The second kappa shape index (κ2) is 8.06. The van der Waals surface area contributed by atoms with Gasteiger partial charge in [0.15, 0.2) is 5.82 Å².